The Morgan fingerprint density at radius 2 is 2.05 bits per heavy atom. The summed E-state index contributed by atoms with van der Waals surface area (Å²) in [5, 5.41) is 3.47. The van der Waals surface area contributed by atoms with Crippen molar-refractivity contribution in [1.29, 1.82) is 0 Å². The Kier molecular flexibility index (Phi) is 7.53. The van der Waals surface area contributed by atoms with Crippen molar-refractivity contribution in [3.63, 3.8) is 0 Å². The average Bonchev–Trinajstić information content (AvgIpc) is 2.42. The molecule has 108 valence electrons. The Hall–Kier alpha value is -1.06. The molecule has 1 rings (SSSR count). The highest BCUT2D eigenvalue weighted by molar-refractivity contribution is 5.38. The highest BCUT2D eigenvalue weighted by atomic mass is 16.5. The molecule has 1 unspecified atom stereocenters. The molecule has 3 heteroatoms. The minimum absolute atomic E-state index is 0.268. The van der Waals surface area contributed by atoms with Gasteiger partial charge in [0.1, 0.15) is 5.75 Å². The summed E-state index contributed by atoms with van der Waals surface area (Å²) in [7, 11) is 1.72. The van der Waals surface area contributed by atoms with Crippen LogP contribution < -0.4 is 10.1 Å². The van der Waals surface area contributed by atoms with E-state index in [4.69, 9.17) is 9.47 Å². The van der Waals surface area contributed by atoms with Crippen molar-refractivity contribution in [3.8, 4) is 5.75 Å². The summed E-state index contributed by atoms with van der Waals surface area (Å²) >= 11 is 0. The van der Waals surface area contributed by atoms with Crippen LogP contribution >= 0.6 is 0 Å². The van der Waals surface area contributed by atoms with Crippen LogP contribution in [0.4, 0.5) is 0 Å². The number of unbranched alkanes of at least 4 members (excludes halogenated alkanes) is 1. The van der Waals surface area contributed by atoms with Crippen LogP contribution in [0, 0.1) is 6.92 Å². The molecule has 0 aliphatic carbocycles. The molecule has 3 nitrogen and oxygen atoms in total. The molecule has 1 aromatic carbocycles. The standard InChI is InChI=1S/C16H27NO2/c1-5-6-10-19-11-9-17-14(3)15-12-13(2)7-8-16(15)18-4/h7-8,12,14,17H,5-6,9-11H2,1-4H3. The predicted octanol–water partition coefficient (Wildman–Crippen LogP) is 3.47. The van der Waals surface area contributed by atoms with Crippen LogP contribution in [0.25, 0.3) is 0 Å². The van der Waals surface area contributed by atoms with Crippen LogP contribution in [0.5, 0.6) is 5.75 Å². The molecule has 0 saturated carbocycles. The largest absolute Gasteiger partial charge is 0.496 e. The number of nitrogens with one attached hydrogen (secondary N) is 1. The highest BCUT2D eigenvalue weighted by Gasteiger charge is 2.10. The fourth-order valence-electron chi connectivity index (χ4n) is 2.00. The maximum atomic E-state index is 5.55. The normalized spacial score (nSPS) is 12.4. The molecule has 0 amide bonds. The third kappa shape index (κ3) is 5.62. The van der Waals surface area contributed by atoms with Gasteiger partial charge in [0.25, 0.3) is 0 Å². The van der Waals surface area contributed by atoms with Gasteiger partial charge in [-0.15, -0.1) is 0 Å². The third-order valence-electron chi connectivity index (χ3n) is 3.19. The Balaban J connectivity index is 2.40. The van der Waals surface area contributed by atoms with Crippen molar-refractivity contribution in [2.45, 2.75) is 39.7 Å². The van der Waals surface area contributed by atoms with Crippen LogP contribution in [0.3, 0.4) is 0 Å². The summed E-state index contributed by atoms with van der Waals surface area (Å²) in [5.41, 5.74) is 2.46. The first-order chi connectivity index (χ1) is 9.19. The van der Waals surface area contributed by atoms with Crippen molar-refractivity contribution in [2.24, 2.45) is 0 Å². The summed E-state index contributed by atoms with van der Waals surface area (Å²) in [6, 6.07) is 6.54. The first-order valence-electron chi connectivity index (χ1n) is 7.14. The number of aryl methyl sites for hydroxylation is 1. The fourth-order valence-corrected chi connectivity index (χ4v) is 2.00. The van der Waals surface area contributed by atoms with Gasteiger partial charge in [-0.25, -0.2) is 0 Å². The second kappa shape index (κ2) is 8.94. The van der Waals surface area contributed by atoms with Crippen molar-refractivity contribution >= 4 is 0 Å². The second-order valence-corrected chi connectivity index (χ2v) is 4.89. The Morgan fingerprint density at radius 1 is 1.26 bits per heavy atom. The van der Waals surface area contributed by atoms with E-state index < -0.39 is 0 Å². The molecule has 0 bridgehead atoms. The van der Waals surface area contributed by atoms with Crippen LogP contribution in [0.2, 0.25) is 0 Å². The first kappa shape index (κ1) is 16.0. The molecule has 0 aliphatic heterocycles. The predicted molar refractivity (Wildman–Crippen MR) is 79.9 cm³/mol. The zero-order chi connectivity index (χ0) is 14.1. The molecule has 0 saturated heterocycles. The number of methoxy groups -OCH3 is 1. The maximum Gasteiger partial charge on any atom is 0.123 e. The van der Waals surface area contributed by atoms with Gasteiger partial charge in [0, 0.05) is 24.8 Å². The number of ether oxygens (including phenoxy) is 2. The van der Waals surface area contributed by atoms with Crippen LogP contribution in [-0.2, 0) is 4.74 Å². The van der Waals surface area contributed by atoms with Gasteiger partial charge in [-0.1, -0.05) is 31.0 Å². The molecular formula is C16H27NO2. The number of rotatable bonds is 9. The molecule has 1 N–H and O–H groups in total. The Bertz CT molecular complexity index is 366. The van der Waals surface area contributed by atoms with Crippen LogP contribution in [0.15, 0.2) is 18.2 Å². The van der Waals surface area contributed by atoms with Crippen LogP contribution in [0.1, 0.15) is 43.9 Å². The quantitative estimate of drug-likeness (QED) is 0.693. The molecule has 0 heterocycles. The van der Waals surface area contributed by atoms with E-state index in [2.05, 4.69) is 38.2 Å². The smallest absolute Gasteiger partial charge is 0.123 e. The van der Waals surface area contributed by atoms with E-state index in [9.17, 15) is 0 Å². The van der Waals surface area contributed by atoms with Gasteiger partial charge >= 0.3 is 0 Å². The van der Waals surface area contributed by atoms with Crippen molar-refractivity contribution in [3.05, 3.63) is 29.3 Å². The molecule has 0 fully saturated rings. The summed E-state index contributed by atoms with van der Waals surface area (Å²) in [5.74, 6) is 0.942. The lowest BCUT2D eigenvalue weighted by molar-refractivity contribution is 0.131. The zero-order valence-corrected chi connectivity index (χ0v) is 12.7. The molecule has 1 atom stereocenters. The number of benzene rings is 1. The second-order valence-electron chi connectivity index (χ2n) is 4.89. The summed E-state index contributed by atoms with van der Waals surface area (Å²) in [6.45, 7) is 8.92. The topological polar surface area (TPSA) is 30.5 Å². The SMILES string of the molecule is CCCCOCCNC(C)c1cc(C)ccc1OC. The molecule has 0 radical (unpaired) electrons. The van der Waals surface area contributed by atoms with Crippen molar-refractivity contribution in [1.82, 2.24) is 5.32 Å². The average molecular weight is 265 g/mol. The van der Waals surface area contributed by atoms with Gasteiger partial charge in [0.15, 0.2) is 0 Å². The lowest BCUT2D eigenvalue weighted by atomic mass is 10.0. The van der Waals surface area contributed by atoms with E-state index in [0.29, 0.717) is 0 Å². The van der Waals surface area contributed by atoms with Gasteiger partial charge in [-0.2, -0.15) is 0 Å². The first-order valence-corrected chi connectivity index (χ1v) is 7.14. The summed E-state index contributed by atoms with van der Waals surface area (Å²) < 4.78 is 11.0. The Morgan fingerprint density at radius 3 is 2.74 bits per heavy atom. The fraction of sp³-hybridized carbons (Fsp3) is 0.625. The van der Waals surface area contributed by atoms with Gasteiger partial charge in [-0.3, -0.25) is 0 Å². The van der Waals surface area contributed by atoms with E-state index in [1.807, 2.05) is 6.07 Å². The van der Waals surface area contributed by atoms with E-state index in [1.165, 1.54) is 17.5 Å². The molecule has 1 aromatic rings. The van der Waals surface area contributed by atoms with Crippen LogP contribution in [-0.4, -0.2) is 26.9 Å². The number of hydrogen-bond acceptors (Lipinski definition) is 3. The monoisotopic (exact) mass is 265 g/mol. The lowest BCUT2D eigenvalue weighted by Gasteiger charge is -2.18. The summed E-state index contributed by atoms with van der Waals surface area (Å²) in [4.78, 5) is 0. The zero-order valence-electron chi connectivity index (χ0n) is 12.7. The highest BCUT2D eigenvalue weighted by Crippen LogP contribution is 2.25. The minimum Gasteiger partial charge on any atom is -0.496 e. The third-order valence-corrected chi connectivity index (χ3v) is 3.19. The molecule has 0 aliphatic rings. The number of hydrogen-bond donors (Lipinski definition) is 1. The van der Waals surface area contributed by atoms with E-state index in [0.717, 1.165) is 31.9 Å². The molecule has 0 spiro atoms. The molecule has 0 aromatic heterocycles. The van der Waals surface area contributed by atoms with Crippen molar-refractivity contribution in [2.75, 3.05) is 26.9 Å². The van der Waals surface area contributed by atoms with Crippen molar-refractivity contribution < 1.29 is 9.47 Å². The van der Waals surface area contributed by atoms with E-state index >= 15 is 0 Å². The Labute approximate surface area is 117 Å². The minimum atomic E-state index is 0.268. The maximum absolute atomic E-state index is 5.55. The van der Waals surface area contributed by atoms with Gasteiger partial charge in [0.05, 0.1) is 13.7 Å². The van der Waals surface area contributed by atoms with Gasteiger partial charge in [0.2, 0.25) is 0 Å². The lowest BCUT2D eigenvalue weighted by Crippen LogP contribution is -2.24. The molecular weight excluding hydrogens is 238 g/mol. The van der Waals surface area contributed by atoms with E-state index in [1.54, 1.807) is 7.11 Å². The van der Waals surface area contributed by atoms with Gasteiger partial charge in [-0.05, 0) is 26.3 Å². The summed E-state index contributed by atoms with van der Waals surface area (Å²) in [6.07, 6.45) is 2.32. The molecule has 19 heavy (non-hydrogen) atoms. The van der Waals surface area contributed by atoms with Gasteiger partial charge < -0.3 is 14.8 Å². The van der Waals surface area contributed by atoms with E-state index in [-0.39, 0.29) is 6.04 Å².